The molecule has 12 nitrogen and oxygen atoms in total. The van der Waals surface area contributed by atoms with Crippen LogP contribution in [0.15, 0.2) is 54.6 Å². The highest BCUT2D eigenvalue weighted by atomic mass is 16.6. The van der Waals surface area contributed by atoms with Gasteiger partial charge < -0.3 is 24.3 Å². The lowest BCUT2D eigenvalue weighted by molar-refractivity contribution is -0.383. The number of carbonyl (C=O) groups is 3. The van der Waals surface area contributed by atoms with E-state index in [9.17, 15) is 24.5 Å². The molecule has 0 saturated heterocycles. The maximum absolute atomic E-state index is 14.7. The molecular formula is C36H45N3O9. The Morgan fingerprint density at radius 1 is 0.979 bits per heavy atom. The number of nitro groups is 1. The second-order valence-electron chi connectivity index (χ2n) is 13.4. The van der Waals surface area contributed by atoms with Crippen LogP contribution in [0.3, 0.4) is 0 Å². The molecule has 0 aliphatic heterocycles. The van der Waals surface area contributed by atoms with Crippen molar-refractivity contribution in [3.63, 3.8) is 0 Å². The zero-order chi connectivity index (χ0) is 34.7. The van der Waals surface area contributed by atoms with Crippen LogP contribution in [0.4, 0.5) is 11.4 Å². The number of para-hydroxylation sites is 2. The topological polar surface area (TPSA) is 155 Å². The number of hydrogen-bond donors (Lipinski definition) is 2. The molecule has 258 valence electrons. The summed E-state index contributed by atoms with van der Waals surface area (Å²) in [5.74, 6) is -3.68. The molecule has 0 spiro atoms. The summed E-state index contributed by atoms with van der Waals surface area (Å²) in [6.07, 6.45) is 5.90. The van der Waals surface area contributed by atoms with Crippen molar-refractivity contribution in [3.8, 4) is 11.5 Å². The number of methoxy groups -OCH3 is 3. The first kappa shape index (κ1) is 34.9. The Morgan fingerprint density at radius 3 is 2.29 bits per heavy atom. The Bertz CT molecular complexity index is 1580. The van der Waals surface area contributed by atoms with Crippen LogP contribution >= 0.6 is 0 Å². The van der Waals surface area contributed by atoms with Gasteiger partial charge >= 0.3 is 11.9 Å². The summed E-state index contributed by atoms with van der Waals surface area (Å²) in [6, 6.07) is 11.1. The number of anilines is 1. The summed E-state index contributed by atoms with van der Waals surface area (Å²) in [5.41, 5.74) is -1.20. The van der Waals surface area contributed by atoms with E-state index in [1.54, 1.807) is 43.5 Å². The van der Waals surface area contributed by atoms with Gasteiger partial charge in [-0.1, -0.05) is 57.5 Å². The fourth-order valence-electron chi connectivity index (χ4n) is 8.04. The molecule has 0 aromatic heterocycles. The van der Waals surface area contributed by atoms with Gasteiger partial charge in [-0.3, -0.25) is 29.8 Å². The summed E-state index contributed by atoms with van der Waals surface area (Å²) >= 11 is 0. The lowest BCUT2D eigenvalue weighted by Gasteiger charge is -2.38. The summed E-state index contributed by atoms with van der Waals surface area (Å²) in [7, 11) is 4.31. The van der Waals surface area contributed by atoms with Crippen molar-refractivity contribution in [1.82, 2.24) is 5.32 Å². The number of benzene rings is 2. The standard InChI is InChI=1S/C36H45N3O9/c1-20(2)24-14-11-21(3)17-30(24)48-34(41)32-26-16-15-25(31(32)33(40)47-6)36(26,35(42)38-27-9-7-8-10-28(27)39(43)44)37-19-22-12-13-23(45-4)18-29(22)46-5/h7-10,12-13,15-16,18,20-21,24-26,30-32,37H,11,14,17,19H2,1-6H3,(H,38,42)/t21?,24?,25-,26+,30?,31-,32-,36?/m0/s1. The molecule has 2 N–H and O–H groups in total. The van der Waals surface area contributed by atoms with Gasteiger partial charge in [-0.2, -0.15) is 0 Å². The molecule has 2 saturated carbocycles. The van der Waals surface area contributed by atoms with E-state index in [0.717, 1.165) is 12.8 Å². The average molecular weight is 664 g/mol. The van der Waals surface area contributed by atoms with Crippen LogP contribution in [-0.4, -0.2) is 55.7 Å². The first-order chi connectivity index (χ1) is 23.0. The van der Waals surface area contributed by atoms with Crippen LogP contribution < -0.4 is 20.1 Å². The highest BCUT2D eigenvalue weighted by molar-refractivity contribution is 6.03. The minimum atomic E-state index is -1.59. The Kier molecular flexibility index (Phi) is 10.4. The summed E-state index contributed by atoms with van der Waals surface area (Å²) in [5, 5.41) is 18.0. The Labute approximate surface area is 280 Å². The Balaban J connectivity index is 1.56. The normalized spacial score (nSPS) is 28.9. The maximum Gasteiger partial charge on any atom is 0.310 e. The van der Waals surface area contributed by atoms with Crippen molar-refractivity contribution in [3.05, 3.63) is 70.3 Å². The van der Waals surface area contributed by atoms with Crippen molar-refractivity contribution >= 4 is 29.2 Å². The van der Waals surface area contributed by atoms with Crippen molar-refractivity contribution in [2.45, 2.75) is 58.2 Å². The lowest BCUT2D eigenvalue weighted by atomic mass is 9.75. The highest BCUT2D eigenvalue weighted by Gasteiger charge is 2.69. The molecule has 0 heterocycles. The zero-order valence-electron chi connectivity index (χ0n) is 28.3. The number of nitrogens with one attached hydrogen (secondary N) is 2. The molecule has 3 aliphatic carbocycles. The molecule has 4 unspecified atom stereocenters. The molecule has 12 heteroatoms. The van der Waals surface area contributed by atoms with E-state index in [-0.39, 0.29) is 29.9 Å². The van der Waals surface area contributed by atoms with E-state index in [0.29, 0.717) is 35.3 Å². The van der Waals surface area contributed by atoms with Crippen LogP contribution in [-0.2, 0) is 30.4 Å². The summed E-state index contributed by atoms with van der Waals surface area (Å²) in [4.78, 5) is 53.8. The summed E-state index contributed by atoms with van der Waals surface area (Å²) < 4.78 is 22.5. The number of rotatable bonds is 12. The minimum Gasteiger partial charge on any atom is -0.497 e. The molecule has 0 radical (unpaired) electrons. The van der Waals surface area contributed by atoms with E-state index >= 15 is 0 Å². The quantitative estimate of drug-likeness (QED) is 0.132. The van der Waals surface area contributed by atoms with Crippen molar-refractivity contribution in [1.29, 1.82) is 0 Å². The van der Waals surface area contributed by atoms with Crippen LogP contribution in [0.2, 0.25) is 0 Å². The number of hydrogen-bond acceptors (Lipinski definition) is 10. The number of esters is 2. The molecule has 2 bridgehead atoms. The van der Waals surface area contributed by atoms with Crippen LogP contribution in [0, 0.1) is 51.5 Å². The second kappa shape index (κ2) is 14.3. The second-order valence-corrected chi connectivity index (χ2v) is 13.4. The number of ether oxygens (including phenoxy) is 4. The Hall–Kier alpha value is -4.45. The third kappa shape index (κ3) is 6.37. The molecular weight excluding hydrogens is 618 g/mol. The van der Waals surface area contributed by atoms with Crippen molar-refractivity contribution in [2.75, 3.05) is 26.6 Å². The SMILES string of the molecule is COC(=O)[C@@H]1[C@@H](C(=O)OC2CC(C)CCC2C(C)C)[C@H]2C=C[C@@H]1C2(NCc1ccc(OC)cc1OC)C(=O)Nc1ccccc1[N+](=O)[O-]. The van der Waals surface area contributed by atoms with Gasteiger partial charge in [0.05, 0.1) is 38.1 Å². The predicted molar refractivity (Wildman–Crippen MR) is 177 cm³/mol. The third-order valence-corrected chi connectivity index (χ3v) is 10.5. The molecule has 2 aromatic carbocycles. The van der Waals surface area contributed by atoms with Crippen LogP contribution in [0.5, 0.6) is 11.5 Å². The predicted octanol–water partition coefficient (Wildman–Crippen LogP) is 5.30. The molecule has 48 heavy (non-hydrogen) atoms. The first-order valence-corrected chi connectivity index (χ1v) is 16.4. The summed E-state index contributed by atoms with van der Waals surface area (Å²) in [6.45, 7) is 6.48. The van der Waals surface area contributed by atoms with Crippen molar-refractivity contribution < 1.29 is 38.3 Å². The van der Waals surface area contributed by atoms with Gasteiger partial charge in [-0.25, -0.2) is 0 Å². The van der Waals surface area contributed by atoms with Crippen LogP contribution in [0.25, 0.3) is 0 Å². The number of carbonyl (C=O) groups excluding carboxylic acids is 3. The van der Waals surface area contributed by atoms with Gasteiger partial charge in [0.2, 0.25) is 5.91 Å². The molecule has 1 amide bonds. The number of fused-ring (bicyclic) bond motifs is 2. The first-order valence-electron chi connectivity index (χ1n) is 16.4. The van der Waals surface area contributed by atoms with Gasteiger partial charge in [0.1, 0.15) is 28.8 Å². The smallest absolute Gasteiger partial charge is 0.310 e. The zero-order valence-corrected chi connectivity index (χ0v) is 28.3. The van der Waals surface area contributed by atoms with Crippen molar-refractivity contribution in [2.24, 2.45) is 41.4 Å². The monoisotopic (exact) mass is 663 g/mol. The van der Waals surface area contributed by atoms with E-state index < -0.39 is 52.0 Å². The van der Waals surface area contributed by atoms with E-state index in [2.05, 4.69) is 31.4 Å². The fraction of sp³-hybridized carbons (Fsp3) is 0.528. The van der Waals surface area contributed by atoms with Crippen LogP contribution in [0.1, 0.15) is 45.6 Å². The highest BCUT2D eigenvalue weighted by Crippen LogP contribution is 2.56. The lowest BCUT2D eigenvalue weighted by Crippen LogP contribution is -2.59. The number of nitro benzene ring substituents is 1. The minimum absolute atomic E-state index is 0.00767. The molecule has 8 atom stereocenters. The van der Waals surface area contributed by atoms with E-state index in [1.165, 1.54) is 32.4 Å². The average Bonchev–Trinajstić information content (AvgIpc) is 3.58. The van der Waals surface area contributed by atoms with Gasteiger partial charge in [-0.05, 0) is 42.7 Å². The van der Waals surface area contributed by atoms with Gasteiger partial charge in [0.15, 0.2) is 0 Å². The Morgan fingerprint density at radius 2 is 1.67 bits per heavy atom. The van der Waals surface area contributed by atoms with E-state index in [4.69, 9.17) is 18.9 Å². The number of nitrogens with zero attached hydrogens (tertiary/aromatic N) is 1. The van der Waals surface area contributed by atoms with E-state index in [1.807, 2.05) is 0 Å². The molecule has 2 fully saturated rings. The number of amides is 1. The largest absolute Gasteiger partial charge is 0.497 e. The maximum atomic E-state index is 14.7. The third-order valence-electron chi connectivity index (χ3n) is 10.5. The molecule has 3 aliphatic rings. The van der Waals surface area contributed by atoms with Gasteiger partial charge in [-0.15, -0.1) is 0 Å². The van der Waals surface area contributed by atoms with Gasteiger partial charge in [0.25, 0.3) is 5.69 Å². The molecule has 2 aromatic rings. The fourth-order valence-corrected chi connectivity index (χ4v) is 8.04. The molecule has 5 rings (SSSR count). The van der Waals surface area contributed by atoms with Gasteiger partial charge in [0, 0.05) is 36.1 Å².